The van der Waals surface area contributed by atoms with Crippen LogP contribution in [0, 0.1) is 0 Å². The van der Waals surface area contributed by atoms with E-state index in [0.29, 0.717) is 11.3 Å². The van der Waals surface area contributed by atoms with Crippen LogP contribution in [-0.4, -0.2) is 36.3 Å². The first-order valence-electron chi connectivity index (χ1n) is 7.95. The van der Waals surface area contributed by atoms with Crippen molar-refractivity contribution in [1.29, 1.82) is 0 Å². The second-order valence-electron chi connectivity index (χ2n) is 6.10. The quantitative estimate of drug-likeness (QED) is 0.869. The number of likely N-dealkylation sites (N-methyl/N-ethyl adjacent to an activating group) is 1. The van der Waals surface area contributed by atoms with E-state index in [4.69, 9.17) is 0 Å². The highest BCUT2D eigenvalue weighted by Gasteiger charge is 2.49. The summed E-state index contributed by atoms with van der Waals surface area (Å²) in [5.74, 6) is -0.773. The lowest BCUT2D eigenvalue weighted by Crippen LogP contribution is -2.43. The minimum atomic E-state index is -1.16. The number of rotatable bonds is 4. The molecule has 3 rings (SSSR count). The van der Waals surface area contributed by atoms with Crippen molar-refractivity contribution in [1.82, 2.24) is 10.2 Å². The first-order chi connectivity index (χ1) is 11.9. The Morgan fingerprint density at radius 2 is 1.60 bits per heavy atom. The van der Waals surface area contributed by atoms with Crippen LogP contribution in [0.2, 0.25) is 0 Å². The Labute approximate surface area is 146 Å². The zero-order valence-electron chi connectivity index (χ0n) is 14.1. The SMILES string of the molecule is CN(C(=O)CN1C(=O)N[C@@](C)(c2ccccc2)C1=O)c1ccccc1. The van der Waals surface area contributed by atoms with E-state index in [9.17, 15) is 14.4 Å². The van der Waals surface area contributed by atoms with Gasteiger partial charge in [-0.25, -0.2) is 4.79 Å². The summed E-state index contributed by atoms with van der Waals surface area (Å²) in [6.07, 6.45) is 0. The van der Waals surface area contributed by atoms with Crippen molar-refractivity contribution in [3.63, 3.8) is 0 Å². The number of hydrogen-bond acceptors (Lipinski definition) is 3. The number of benzene rings is 2. The van der Waals surface area contributed by atoms with Crippen LogP contribution in [0.1, 0.15) is 12.5 Å². The molecule has 1 saturated heterocycles. The number of hydrogen-bond donors (Lipinski definition) is 1. The first kappa shape index (κ1) is 16.7. The molecule has 128 valence electrons. The Hall–Kier alpha value is -3.15. The van der Waals surface area contributed by atoms with Gasteiger partial charge in [-0.05, 0) is 24.6 Å². The Morgan fingerprint density at radius 3 is 2.20 bits per heavy atom. The van der Waals surface area contributed by atoms with Crippen LogP contribution in [0.25, 0.3) is 0 Å². The number of imide groups is 1. The van der Waals surface area contributed by atoms with Crippen molar-refractivity contribution in [2.45, 2.75) is 12.5 Å². The molecule has 0 aliphatic carbocycles. The molecule has 2 aromatic rings. The molecule has 1 atom stereocenters. The molecule has 2 aromatic carbocycles. The Bertz CT molecular complexity index is 807. The maximum absolute atomic E-state index is 12.8. The van der Waals surface area contributed by atoms with E-state index >= 15 is 0 Å². The number of carbonyl (C=O) groups is 3. The summed E-state index contributed by atoms with van der Waals surface area (Å²) in [6, 6.07) is 17.5. The Kier molecular flexibility index (Phi) is 4.27. The van der Waals surface area contributed by atoms with Gasteiger partial charge in [-0.3, -0.25) is 14.5 Å². The number of nitrogens with one attached hydrogen (secondary N) is 1. The topological polar surface area (TPSA) is 69.7 Å². The van der Waals surface area contributed by atoms with Gasteiger partial charge in [-0.2, -0.15) is 0 Å². The van der Waals surface area contributed by atoms with Gasteiger partial charge < -0.3 is 10.2 Å². The lowest BCUT2D eigenvalue weighted by Gasteiger charge is -2.23. The predicted octanol–water partition coefficient (Wildman–Crippen LogP) is 2.12. The van der Waals surface area contributed by atoms with Gasteiger partial charge in [0, 0.05) is 12.7 Å². The average molecular weight is 337 g/mol. The van der Waals surface area contributed by atoms with Gasteiger partial charge >= 0.3 is 6.03 Å². The maximum atomic E-state index is 12.8. The van der Waals surface area contributed by atoms with Crippen molar-refractivity contribution >= 4 is 23.5 Å². The molecule has 0 spiro atoms. The van der Waals surface area contributed by atoms with Gasteiger partial charge in [0.05, 0.1) is 0 Å². The molecule has 0 aromatic heterocycles. The van der Waals surface area contributed by atoms with Gasteiger partial charge in [0.2, 0.25) is 5.91 Å². The van der Waals surface area contributed by atoms with Gasteiger partial charge in [0.15, 0.2) is 0 Å². The van der Waals surface area contributed by atoms with Gasteiger partial charge in [-0.15, -0.1) is 0 Å². The van der Waals surface area contributed by atoms with Gasteiger partial charge in [0.1, 0.15) is 12.1 Å². The molecule has 0 saturated carbocycles. The smallest absolute Gasteiger partial charge is 0.319 e. The van der Waals surface area contributed by atoms with E-state index < -0.39 is 17.5 Å². The third kappa shape index (κ3) is 2.98. The van der Waals surface area contributed by atoms with Crippen molar-refractivity contribution in [2.75, 3.05) is 18.5 Å². The summed E-state index contributed by atoms with van der Waals surface area (Å²) in [5, 5.41) is 2.70. The van der Waals surface area contributed by atoms with Crippen molar-refractivity contribution < 1.29 is 14.4 Å². The minimum Gasteiger partial charge on any atom is -0.319 e. The molecule has 1 heterocycles. The number of carbonyl (C=O) groups excluding carboxylic acids is 3. The summed E-state index contributed by atoms with van der Waals surface area (Å²) in [4.78, 5) is 40.0. The lowest BCUT2D eigenvalue weighted by molar-refractivity contribution is -0.134. The van der Waals surface area contributed by atoms with Crippen molar-refractivity contribution in [3.05, 3.63) is 66.2 Å². The largest absolute Gasteiger partial charge is 0.325 e. The molecule has 1 aliphatic rings. The van der Waals surface area contributed by atoms with Crippen LogP contribution in [0.4, 0.5) is 10.5 Å². The molecule has 1 N–H and O–H groups in total. The summed E-state index contributed by atoms with van der Waals surface area (Å²) in [7, 11) is 1.62. The first-order valence-corrected chi connectivity index (χ1v) is 7.95. The molecule has 6 heteroatoms. The normalized spacial score (nSPS) is 19.7. The molecule has 0 unspecified atom stereocenters. The fourth-order valence-corrected chi connectivity index (χ4v) is 2.84. The van der Waals surface area contributed by atoms with Crippen LogP contribution in [-0.2, 0) is 15.1 Å². The molecular weight excluding hydrogens is 318 g/mol. The van der Waals surface area contributed by atoms with Crippen LogP contribution in [0.3, 0.4) is 0 Å². The fraction of sp³-hybridized carbons (Fsp3) is 0.211. The monoisotopic (exact) mass is 337 g/mol. The third-order valence-corrected chi connectivity index (χ3v) is 4.44. The Balaban J connectivity index is 1.78. The summed E-state index contributed by atoms with van der Waals surface area (Å²) in [6.45, 7) is 1.34. The fourth-order valence-electron chi connectivity index (χ4n) is 2.84. The van der Waals surface area contributed by atoms with Crippen molar-refractivity contribution in [2.24, 2.45) is 0 Å². The average Bonchev–Trinajstić information content (AvgIpc) is 2.86. The number of urea groups is 1. The van der Waals surface area contributed by atoms with E-state index in [1.54, 1.807) is 50.4 Å². The lowest BCUT2D eigenvalue weighted by atomic mass is 9.92. The number of para-hydroxylation sites is 1. The highest BCUT2D eigenvalue weighted by atomic mass is 16.2. The number of amides is 4. The molecule has 4 amide bonds. The van der Waals surface area contributed by atoms with E-state index in [2.05, 4.69) is 5.32 Å². The molecule has 1 aliphatic heterocycles. The maximum Gasteiger partial charge on any atom is 0.325 e. The van der Waals surface area contributed by atoms with Crippen LogP contribution < -0.4 is 10.2 Å². The summed E-state index contributed by atoms with van der Waals surface area (Å²) >= 11 is 0. The molecular formula is C19H19N3O3. The molecule has 0 radical (unpaired) electrons. The van der Waals surface area contributed by atoms with Crippen LogP contribution >= 0.6 is 0 Å². The standard InChI is InChI=1S/C19H19N3O3/c1-19(14-9-5-3-6-10-14)17(24)22(18(25)20-19)13-16(23)21(2)15-11-7-4-8-12-15/h3-12H,13H2,1-2H3,(H,20,25)/t19-/m0/s1. The van der Waals surface area contributed by atoms with E-state index in [1.165, 1.54) is 4.90 Å². The van der Waals surface area contributed by atoms with E-state index in [1.807, 2.05) is 24.3 Å². The predicted molar refractivity (Wildman–Crippen MR) is 93.9 cm³/mol. The number of anilines is 1. The third-order valence-electron chi connectivity index (χ3n) is 4.44. The van der Waals surface area contributed by atoms with Gasteiger partial charge in [0.25, 0.3) is 5.91 Å². The van der Waals surface area contributed by atoms with Gasteiger partial charge in [-0.1, -0.05) is 48.5 Å². The second kappa shape index (κ2) is 6.39. The Morgan fingerprint density at radius 1 is 1.04 bits per heavy atom. The summed E-state index contributed by atoms with van der Waals surface area (Å²) < 4.78 is 0. The molecule has 0 bridgehead atoms. The highest BCUT2D eigenvalue weighted by molar-refractivity contribution is 6.10. The highest BCUT2D eigenvalue weighted by Crippen LogP contribution is 2.28. The molecule has 1 fully saturated rings. The minimum absolute atomic E-state index is 0.307. The summed E-state index contributed by atoms with van der Waals surface area (Å²) in [5.41, 5.74) is 0.217. The van der Waals surface area contributed by atoms with Crippen molar-refractivity contribution in [3.8, 4) is 0 Å². The molecule has 6 nitrogen and oxygen atoms in total. The van der Waals surface area contributed by atoms with Crippen LogP contribution in [0.5, 0.6) is 0 Å². The van der Waals surface area contributed by atoms with Crippen LogP contribution in [0.15, 0.2) is 60.7 Å². The van der Waals surface area contributed by atoms with E-state index in [-0.39, 0.29) is 12.5 Å². The number of nitrogens with zero attached hydrogens (tertiary/aromatic N) is 2. The zero-order valence-corrected chi connectivity index (χ0v) is 14.1. The molecule has 25 heavy (non-hydrogen) atoms. The van der Waals surface area contributed by atoms with E-state index in [0.717, 1.165) is 4.90 Å². The zero-order chi connectivity index (χ0) is 18.0. The second-order valence-corrected chi connectivity index (χ2v) is 6.10.